The molecule has 0 bridgehead atoms. The van der Waals surface area contributed by atoms with Crippen molar-refractivity contribution in [1.82, 2.24) is 4.57 Å². The van der Waals surface area contributed by atoms with Crippen molar-refractivity contribution in [2.75, 3.05) is 0 Å². The normalized spacial score (nSPS) is 25.8. The number of nitrogens with zero attached hydrogens (tertiary/aromatic N) is 1. The highest BCUT2D eigenvalue weighted by molar-refractivity contribution is 6.80. The van der Waals surface area contributed by atoms with Gasteiger partial charge in [-0.25, -0.2) is 4.79 Å². The van der Waals surface area contributed by atoms with Gasteiger partial charge in [-0.15, -0.1) is 0 Å². The first-order chi connectivity index (χ1) is 7.55. The lowest BCUT2D eigenvalue weighted by Gasteiger charge is -2.56. The van der Waals surface area contributed by atoms with Gasteiger partial charge in [0.1, 0.15) is 6.04 Å². The van der Waals surface area contributed by atoms with E-state index in [1.54, 1.807) is 4.57 Å². The average Bonchev–Trinajstić information content (AvgIpc) is 2.11. The van der Waals surface area contributed by atoms with E-state index in [4.69, 9.17) is 0 Å². The lowest BCUT2D eigenvalue weighted by Crippen LogP contribution is -2.74. The zero-order valence-electron chi connectivity index (χ0n) is 11.6. The van der Waals surface area contributed by atoms with E-state index in [0.29, 0.717) is 6.42 Å². The first-order valence-corrected chi connectivity index (χ1v) is 9.06. The van der Waals surface area contributed by atoms with Crippen LogP contribution >= 0.6 is 0 Å². The number of β-lactam (4-membered cyclic amide) rings is 1. The Morgan fingerprint density at radius 1 is 1.41 bits per heavy atom. The van der Waals surface area contributed by atoms with E-state index in [2.05, 4.69) is 33.9 Å². The Labute approximate surface area is 104 Å². The monoisotopic (exact) mass is 257 g/mol. The second-order valence-electron chi connectivity index (χ2n) is 6.32. The summed E-state index contributed by atoms with van der Waals surface area (Å²) in [5.74, 6) is -1.14. The molecule has 0 aromatic rings. The van der Waals surface area contributed by atoms with Crippen molar-refractivity contribution in [3.8, 4) is 0 Å². The van der Waals surface area contributed by atoms with Crippen LogP contribution in [0.25, 0.3) is 0 Å². The summed E-state index contributed by atoms with van der Waals surface area (Å²) in [6.07, 6.45) is 0.612. The molecule has 1 fully saturated rings. The van der Waals surface area contributed by atoms with E-state index in [9.17, 15) is 14.7 Å². The SMILES string of the molecule is CC[C@@H]1C(=O)N([Si](C)(C)C(C)(C)C)[C@@H]1C(=O)O. The number of carbonyl (C=O) groups excluding carboxylic acids is 1. The molecule has 1 saturated heterocycles. The maximum atomic E-state index is 12.1. The molecule has 0 aromatic heterocycles. The van der Waals surface area contributed by atoms with Gasteiger partial charge in [-0.3, -0.25) is 4.79 Å². The number of rotatable bonds is 3. The molecule has 1 aliphatic rings. The fourth-order valence-electron chi connectivity index (χ4n) is 2.21. The van der Waals surface area contributed by atoms with Gasteiger partial charge in [-0.05, 0) is 11.5 Å². The summed E-state index contributed by atoms with van der Waals surface area (Å²) < 4.78 is 1.68. The Kier molecular flexibility index (Phi) is 3.45. The molecular weight excluding hydrogens is 234 g/mol. The van der Waals surface area contributed by atoms with Crippen molar-refractivity contribution in [1.29, 1.82) is 0 Å². The molecule has 0 aliphatic carbocycles. The van der Waals surface area contributed by atoms with Gasteiger partial charge in [-0.2, -0.15) is 0 Å². The van der Waals surface area contributed by atoms with Crippen molar-refractivity contribution >= 4 is 20.1 Å². The van der Waals surface area contributed by atoms with Gasteiger partial charge in [-0.1, -0.05) is 40.8 Å². The number of carbonyl (C=O) groups is 2. The quantitative estimate of drug-likeness (QED) is 0.623. The molecule has 4 nitrogen and oxygen atoms in total. The third kappa shape index (κ3) is 2.01. The third-order valence-electron chi connectivity index (χ3n) is 4.34. The van der Waals surface area contributed by atoms with E-state index in [0.717, 1.165) is 0 Å². The molecule has 1 heterocycles. The Balaban J connectivity index is 3.07. The zero-order valence-corrected chi connectivity index (χ0v) is 12.6. The molecule has 98 valence electrons. The molecule has 1 rings (SSSR count). The summed E-state index contributed by atoms with van der Waals surface area (Å²) in [6.45, 7) is 12.3. The minimum atomic E-state index is -2.07. The lowest BCUT2D eigenvalue weighted by molar-refractivity contribution is -0.164. The Hall–Kier alpha value is -0.843. The van der Waals surface area contributed by atoms with Crippen LogP contribution in [-0.4, -0.2) is 35.8 Å². The smallest absolute Gasteiger partial charge is 0.326 e. The number of carboxylic acids is 1. The molecule has 17 heavy (non-hydrogen) atoms. The molecule has 0 aromatic carbocycles. The molecule has 0 radical (unpaired) electrons. The van der Waals surface area contributed by atoms with Crippen LogP contribution in [0.3, 0.4) is 0 Å². The zero-order chi connectivity index (χ0) is 13.6. The van der Waals surface area contributed by atoms with Crippen molar-refractivity contribution < 1.29 is 14.7 Å². The summed E-state index contributed by atoms with van der Waals surface area (Å²) in [4.78, 5) is 23.4. The van der Waals surface area contributed by atoms with E-state index in [1.165, 1.54) is 0 Å². The van der Waals surface area contributed by atoms with Crippen LogP contribution in [0, 0.1) is 5.92 Å². The third-order valence-corrected chi connectivity index (χ3v) is 9.72. The summed E-state index contributed by atoms with van der Waals surface area (Å²) in [5.41, 5.74) is 0. The van der Waals surface area contributed by atoms with Crippen LogP contribution in [0.2, 0.25) is 18.1 Å². The van der Waals surface area contributed by atoms with Gasteiger partial charge in [0.2, 0.25) is 5.91 Å². The van der Waals surface area contributed by atoms with E-state index < -0.39 is 20.2 Å². The molecule has 0 unspecified atom stereocenters. The van der Waals surface area contributed by atoms with Crippen molar-refractivity contribution in [2.45, 2.75) is 58.3 Å². The summed E-state index contributed by atoms with van der Waals surface area (Å²) in [7, 11) is -2.07. The van der Waals surface area contributed by atoms with Crippen LogP contribution in [-0.2, 0) is 9.59 Å². The van der Waals surface area contributed by atoms with Crippen LogP contribution in [0.1, 0.15) is 34.1 Å². The summed E-state index contributed by atoms with van der Waals surface area (Å²) in [5, 5.41) is 9.26. The lowest BCUT2D eigenvalue weighted by atomic mass is 9.88. The van der Waals surface area contributed by atoms with Crippen molar-refractivity contribution in [2.24, 2.45) is 5.92 Å². The highest BCUT2D eigenvalue weighted by Gasteiger charge is 2.59. The maximum absolute atomic E-state index is 12.1. The number of carboxylic acid groups (broad SMARTS) is 1. The predicted molar refractivity (Wildman–Crippen MR) is 69.2 cm³/mol. The van der Waals surface area contributed by atoms with Gasteiger partial charge < -0.3 is 9.67 Å². The first kappa shape index (κ1) is 14.2. The van der Waals surface area contributed by atoms with Gasteiger partial charge in [0.15, 0.2) is 8.24 Å². The van der Waals surface area contributed by atoms with Gasteiger partial charge in [0, 0.05) is 0 Å². The van der Waals surface area contributed by atoms with Gasteiger partial charge in [0.05, 0.1) is 5.92 Å². The molecule has 2 atom stereocenters. The highest BCUT2D eigenvalue weighted by atomic mass is 28.3. The fraction of sp³-hybridized carbons (Fsp3) is 0.833. The second kappa shape index (κ2) is 4.12. The molecule has 0 spiro atoms. The molecule has 0 saturated carbocycles. The first-order valence-electron chi connectivity index (χ1n) is 6.11. The van der Waals surface area contributed by atoms with Crippen LogP contribution in [0.4, 0.5) is 0 Å². The molecule has 1 aliphatic heterocycles. The fourth-order valence-corrected chi connectivity index (χ4v) is 4.64. The van der Waals surface area contributed by atoms with E-state index in [-0.39, 0.29) is 16.9 Å². The Morgan fingerprint density at radius 2 is 1.88 bits per heavy atom. The van der Waals surface area contributed by atoms with Gasteiger partial charge >= 0.3 is 5.97 Å². The number of hydrogen-bond donors (Lipinski definition) is 1. The average molecular weight is 257 g/mol. The van der Waals surface area contributed by atoms with Crippen LogP contribution in [0.5, 0.6) is 0 Å². The van der Waals surface area contributed by atoms with Crippen molar-refractivity contribution in [3.63, 3.8) is 0 Å². The number of amides is 1. The molecule has 5 heteroatoms. The molecule has 1 N–H and O–H groups in total. The standard InChI is InChI=1S/C12H23NO3Si/c1-7-8-9(11(15)16)13(10(8)14)17(5,6)12(2,3)4/h8-9H,7H2,1-6H3,(H,15,16)/t8-,9-/m0/s1. The molecule has 1 amide bonds. The number of hydrogen-bond acceptors (Lipinski definition) is 2. The van der Waals surface area contributed by atoms with Crippen LogP contribution in [0.15, 0.2) is 0 Å². The Morgan fingerprint density at radius 3 is 2.18 bits per heavy atom. The van der Waals surface area contributed by atoms with E-state index >= 15 is 0 Å². The second-order valence-corrected chi connectivity index (χ2v) is 11.4. The molecular formula is C12H23NO3Si. The summed E-state index contributed by atoms with van der Waals surface area (Å²) in [6, 6.07) is -0.603. The topological polar surface area (TPSA) is 57.6 Å². The maximum Gasteiger partial charge on any atom is 0.326 e. The number of aliphatic carboxylic acids is 1. The minimum absolute atomic E-state index is 0.0188. The van der Waals surface area contributed by atoms with E-state index in [1.807, 2.05) is 6.92 Å². The Bertz CT molecular complexity index is 346. The predicted octanol–water partition coefficient (Wildman–Crippen LogP) is 2.31. The van der Waals surface area contributed by atoms with Crippen LogP contribution < -0.4 is 0 Å². The van der Waals surface area contributed by atoms with Crippen molar-refractivity contribution in [3.05, 3.63) is 0 Å². The minimum Gasteiger partial charge on any atom is -0.480 e. The van der Waals surface area contributed by atoms with Gasteiger partial charge in [0.25, 0.3) is 0 Å². The highest BCUT2D eigenvalue weighted by Crippen LogP contribution is 2.45. The largest absolute Gasteiger partial charge is 0.480 e. The summed E-state index contributed by atoms with van der Waals surface area (Å²) >= 11 is 0.